The molecule has 4 N–H and O–H groups in total. The molecule has 0 saturated carbocycles. The topological polar surface area (TPSA) is 199 Å². The largest absolute Gasteiger partial charge is 0.461 e. The molecule has 0 aromatic heterocycles. The first-order valence-electron chi connectivity index (χ1n) is 17.0. The van der Waals surface area contributed by atoms with Crippen LogP contribution in [0.25, 0.3) is 0 Å². The Bertz CT molecular complexity index is 1310. The normalized spacial score (nSPS) is 13.6. The molecule has 15 nitrogen and oxygen atoms in total. The molecule has 0 saturated heterocycles. The summed E-state index contributed by atoms with van der Waals surface area (Å²) in [6.07, 6.45) is 5.18. The van der Waals surface area contributed by atoms with Crippen molar-refractivity contribution in [1.82, 2.24) is 20.9 Å². The van der Waals surface area contributed by atoms with Gasteiger partial charge in [0.1, 0.15) is 18.7 Å². The third-order valence-corrected chi connectivity index (χ3v) is 7.53. The molecule has 1 aliphatic heterocycles. The average molecular weight is 702 g/mol. The van der Waals surface area contributed by atoms with Crippen molar-refractivity contribution >= 4 is 47.1 Å². The fourth-order valence-corrected chi connectivity index (χ4v) is 4.57. The fraction of sp³-hybridized carbons (Fsp3) is 0.571. The van der Waals surface area contributed by atoms with Crippen molar-refractivity contribution in [1.29, 1.82) is 0 Å². The summed E-state index contributed by atoms with van der Waals surface area (Å²) < 4.78 is 16.0. The third-order valence-electron chi connectivity index (χ3n) is 7.53. The molecule has 1 aromatic carbocycles. The number of rotatable bonds is 24. The summed E-state index contributed by atoms with van der Waals surface area (Å²) in [6, 6.07) is 5.06. The van der Waals surface area contributed by atoms with E-state index in [1.165, 1.54) is 17.1 Å². The lowest BCUT2D eigenvalue weighted by molar-refractivity contribution is -0.144. The molecule has 0 aliphatic carbocycles. The molecule has 6 amide bonds. The van der Waals surface area contributed by atoms with Crippen LogP contribution >= 0.6 is 0 Å². The Balaban J connectivity index is 1.53. The molecule has 276 valence electrons. The van der Waals surface area contributed by atoms with Gasteiger partial charge in [0.2, 0.25) is 23.6 Å². The number of nitrogens with one attached hydrogen (secondary N) is 4. The third kappa shape index (κ3) is 16.2. The molecule has 0 unspecified atom stereocenters. The van der Waals surface area contributed by atoms with Gasteiger partial charge in [0, 0.05) is 50.2 Å². The van der Waals surface area contributed by atoms with Gasteiger partial charge in [0.25, 0.3) is 11.8 Å². The first-order valence-corrected chi connectivity index (χ1v) is 17.0. The number of hydrogen-bond acceptors (Lipinski definition) is 10. The van der Waals surface area contributed by atoms with Crippen LogP contribution in [-0.2, 0) is 54.4 Å². The number of ether oxygens (including phenoxy) is 3. The lowest BCUT2D eigenvalue weighted by Gasteiger charge is -2.24. The van der Waals surface area contributed by atoms with E-state index in [9.17, 15) is 33.6 Å². The summed E-state index contributed by atoms with van der Waals surface area (Å²) in [5.74, 6) is -2.55. The number of hydrogen-bond donors (Lipinski definition) is 4. The van der Waals surface area contributed by atoms with Gasteiger partial charge >= 0.3 is 5.97 Å². The Kier molecular flexibility index (Phi) is 19.0. The van der Waals surface area contributed by atoms with Crippen LogP contribution in [0.5, 0.6) is 0 Å². The minimum Gasteiger partial charge on any atom is -0.461 e. The van der Waals surface area contributed by atoms with Crippen LogP contribution in [0.2, 0.25) is 0 Å². The van der Waals surface area contributed by atoms with Crippen molar-refractivity contribution < 1.29 is 47.8 Å². The molecule has 0 bridgehead atoms. The predicted octanol–water partition coefficient (Wildman–Crippen LogP) is 1.75. The van der Waals surface area contributed by atoms with E-state index in [-0.39, 0.29) is 74.8 Å². The Morgan fingerprint density at radius 1 is 0.760 bits per heavy atom. The number of imide groups is 1. The molecule has 15 heteroatoms. The number of carbonyl (C=O) groups excluding carboxylic acids is 7. The zero-order chi connectivity index (χ0) is 36.9. The van der Waals surface area contributed by atoms with E-state index < -0.39 is 23.9 Å². The molecule has 1 aliphatic rings. The van der Waals surface area contributed by atoms with Gasteiger partial charge in [-0.15, -0.1) is 0 Å². The van der Waals surface area contributed by atoms with E-state index in [4.69, 9.17) is 14.2 Å². The van der Waals surface area contributed by atoms with Crippen LogP contribution in [-0.4, -0.2) is 97.9 Å². The van der Waals surface area contributed by atoms with Gasteiger partial charge < -0.3 is 35.5 Å². The number of unbranched alkanes of at least 4 members (excludes halogenated alkanes) is 2. The average Bonchev–Trinajstić information content (AvgIpc) is 3.41. The highest BCUT2D eigenvalue weighted by atomic mass is 16.5. The summed E-state index contributed by atoms with van der Waals surface area (Å²) in [5.41, 5.74) is 1.28. The molecule has 2 rings (SSSR count). The molecule has 0 fully saturated rings. The van der Waals surface area contributed by atoms with Gasteiger partial charge in [-0.05, 0) is 43.4 Å². The predicted molar refractivity (Wildman–Crippen MR) is 183 cm³/mol. The van der Waals surface area contributed by atoms with Gasteiger partial charge in [-0.1, -0.05) is 39.3 Å². The van der Waals surface area contributed by atoms with Gasteiger partial charge in [-0.3, -0.25) is 38.5 Å². The standard InChI is InChI=1S/C35H51N5O10/c1-5-32(45)50-23-26-10-12-27(13-11-26)38-34(46)25(4)37-35(47)33(24(2)3)39-29(42)16-19-48-21-22-49-20-17-36-28(41)9-7-6-8-18-40-30(43)14-15-31(40)44/h10-15,24-25,33H,5-9,16-23H2,1-4H3,(H,36,41)(H,37,47)(H,38,46)(H,39,42)/t25-,33-/m0/s1. The van der Waals surface area contributed by atoms with E-state index in [0.717, 1.165) is 12.0 Å². The monoisotopic (exact) mass is 701 g/mol. The van der Waals surface area contributed by atoms with Gasteiger partial charge in [0.05, 0.1) is 26.4 Å². The van der Waals surface area contributed by atoms with Crippen LogP contribution in [0.15, 0.2) is 36.4 Å². The molecular weight excluding hydrogens is 650 g/mol. The lowest BCUT2D eigenvalue weighted by Crippen LogP contribution is -2.53. The number of carbonyl (C=O) groups is 7. The minimum atomic E-state index is -0.877. The van der Waals surface area contributed by atoms with Crippen molar-refractivity contribution in [2.75, 3.05) is 44.8 Å². The zero-order valence-corrected chi connectivity index (χ0v) is 29.4. The summed E-state index contributed by atoms with van der Waals surface area (Å²) in [4.78, 5) is 85.6. The SMILES string of the molecule is CCC(=O)OCc1ccc(NC(=O)[C@H](C)NC(=O)[C@@H](NC(=O)CCOCCOCCNC(=O)CCCCCN2C(=O)C=CC2=O)C(C)C)cc1. The maximum Gasteiger partial charge on any atom is 0.305 e. The maximum absolute atomic E-state index is 12.9. The van der Waals surface area contributed by atoms with Gasteiger partial charge in [-0.25, -0.2) is 0 Å². The molecule has 1 aromatic rings. The Morgan fingerprint density at radius 2 is 1.42 bits per heavy atom. The molecule has 2 atom stereocenters. The molecule has 50 heavy (non-hydrogen) atoms. The first-order chi connectivity index (χ1) is 23.9. The number of benzene rings is 1. The van der Waals surface area contributed by atoms with E-state index in [0.29, 0.717) is 44.6 Å². The zero-order valence-electron chi connectivity index (χ0n) is 29.4. The van der Waals surface area contributed by atoms with E-state index in [2.05, 4.69) is 21.3 Å². The van der Waals surface area contributed by atoms with E-state index in [1.54, 1.807) is 52.0 Å². The Hall–Kier alpha value is -4.63. The number of anilines is 1. The molecular formula is C35H51N5O10. The molecule has 0 radical (unpaired) electrons. The second-order valence-corrected chi connectivity index (χ2v) is 12.0. The molecule has 0 spiro atoms. The number of esters is 1. The van der Waals surface area contributed by atoms with Crippen LogP contribution in [0, 0.1) is 5.92 Å². The van der Waals surface area contributed by atoms with Gasteiger partial charge in [-0.2, -0.15) is 0 Å². The number of nitrogens with zero attached hydrogens (tertiary/aromatic N) is 1. The van der Waals surface area contributed by atoms with E-state index in [1.807, 2.05) is 0 Å². The quantitative estimate of drug-likeness (QED) is 0.0700. The highest BCUT2D eigenvalue weighted by Gasteiger charge is 2.27. The van der Waals surface area contributed by atoms with Crippen LogP contribution < -0.4 is 21.3 Å². The highest BCUT2D eigenvalue weighted by Crippen LogP contribution is 2.12. The van der Waals surface area contributed by atoms with Gasteiger partial charge in [0.15, 0.2) is 0 Å². The fourth-order valence-electron chi connectivity index (χ4n) is 4.57. The van der Waals surface area contributed by atoms with Crippen LogP contribution in [0.1, 0.15) is 71.8 Å². The van der Waals surface area contributed by atoms with Crippen molar-refractivity contribution in [2.45, 2.75) is 84.9 Å². The van der Waals surface area contributed by atoms with Crippen molar-refractivity contribution in [3.05, 3.63) is 42.0 Å². The van der Waals surface area contributed by atoms with Crippen LogP contribution in [0.4, 0.5) is 5.69 Å². The first kappa shape index (κ1) is 41.5. The second kappa shape index (κ2) is 22.9. The lowest BCUT2D eigenvalue weighted by atomic mass is 10.0. The van der Waals surface area contributed by atoms with Crippen LogP contribution in [0.3, 0.4) is 0 Å². The highest BCUT2D eigenvalue weighted by molar-refractivity contribution is 6.12. The summed E-state index contributed by atoms with van der Waals surface area (Å²) in [7, 11) is 0. The Morgan fingerprint density at radius 3 is 2.06 bits per heavy atom. The second-order valence-electron chi connectivity index (χ2n) is 12.0. The van der Waals surface area contributed by atoms with Crippen molar-refractivity contribution in [3.63, 3.8) is 0 Å². The summed E-state index contributed by atoms with van der Waals surface area (Å²) in [5, 5.41) is 10.9. The summed E-state index contributed by atoms with van der Waals surface area (Å²) >= 11 is 0. The molecule has 1 heterocycles. The van der Waals surface area contributed by atoms with E-state index >= 15 is 0 Å². The smallest absolute Gasteiger partial charge is 0.305 e. The van der Waals surface area contributed by atoms with Crippen molar-refractivity contribution in [3.8, 4) is 0 Å². The summed E-state index contributed by atoms with van der Waals surface area (Å²) in [6.45, 7) is 8.59. The maximum atomic E-state index is 12.9. The number of amides is 6. The van der Waals surface area contributed by atoms with Crippen molar-refractivity contribution in [2.24, 2.45) is 5.92 Å². The minimum absolute atomic E-state index is 0.0256. The Labute approximate surface area is 293 Å².